The second kappa shape index (κ2) is 4.94. The molecule has 0 spiro atoms. The number of carbonyl (C=O) groups excluding carboxylic acids is 1. The van der Waals surface area contributed by atoms with Gasteiger partial charge in [0.1, 0.15) is 11.4 Å². The maximum absolute atomic E-state index is 12.6. The van der Waals surface area contributed by atoms with Gasteiger partial charge in [0.05, 0.1) is 11.3 Å². The fraction of sp³-hybridized carbons (Fsp3) is 0.667. The summed E-state index contributed by atoms with van der Waals surface area (Å²) < 4.78 is 0. The van der Waals surface area contributed by atoms with E-state index in [1.54, 1.807) is 18.7 Å². The van der Waals surface area contributed by atoms with Crippen molar-refractivity contribution < 1.29 is 9.90 Å². The van der Waals surface area contributed by atoms with Gasteiger partial charge in [-0.3, -0.25) is 9.59 Å². The number of aliphatic hydroxyl groups is 1. The molecule has 6 heteroatoms. The normalized spacial score (nSPS) is 26.0. The van der Waals surface area contributed by atoms with E-state index in [0.717, 1.165) is 19.3 Å². The lowest BCUT2D eigenvalue weighted by Crippen LogP contribution is -2.49. The first-order valence-corrected chi connectivity index (χ1v) is 7.50. The molecule has 2 fully saturated rings. The summed E-state index contributed by atoms with van der Waals surface area (Å²) >= 11 is 0. The quantitative estimate of drug-likeness (QED) is 0.849. The Labute approximate surface area is 123 Å². The van der Waals surface area contributed by atoms with Gasteiger partial charge in [0.25, 0.3) is 11.5 Å². The summed E-state index contributed by atoms with van der Waals surface area (Å²) in [6.07, 6.45) is 3.50. The van der Waals surface area contributed by atoms with Crippen molar-refractivity contribution in [3.05, 3.63) is 27.4 Å². The molecule has 0 radical (unpaired) electrons. The highest BCUT2D eigenvalue weighted by Gasteiger charge is 2.34. The van der Waals surface area contributed by atoms with Crippen LogP contribution in [0.1, 0.15) is 60.4 Å². The molecule has 1 saturated heterocycles. The molecular weight excluding hydrogens is 270 g/mol. The Balaban J connectivity index is 1.89. The van der Waals surface area contributed by atoms with Crippen LogP contribution in [-0.2, 0) is 0 Å². The molecule has 1 aliphatic carbocycles. The van der Waals surface area contributed by atoms with E-state index >= 15 is 0 Å². The second-order valence-corrected chi connectivity index (χ2v) is 6.51. The third kappa shape index (κ3) is 2.85. The number of H-pyrrole nitrogens is 1. The van der Waals surface area contributed by atoms with Gasteiger partial charge >= 0.3 is 0 Å². The molecule has 21 heavy (non-hydrogen) atoms. The van der Waals surface area contributed by atoms with E-state index in [1.807, 2.05) is 0 Å². The molecule has 1 aromatic rings. The fourth-order valence-electron chi connectivity index (χ4n) is 2.96. The summed E-state index contributed by atoms with van der Waals surface area (Å²) in [5.41, 5.74) is -0.650. The summed E-state index contributed by atoms with van der Waals surface area (Å²) in [5, 5.41) is 10.1. The first-order chi connectivity index (χ1) is 9.87. The minimum Gasteiger partial charge on any atom is -0.388 e. The summed E-state index contributed by atoms with van der Waals surface area (Å²) in [7, 11) is 0. The number of hydrogen-bond donors (Lipinski definition) is 2. The fourth-order valence-corrected chi connectivity index (χ4v) is 2.96. The van der Waals surface area contributed by atoms with Crippen LogP contribution in [0.2, 0.25) is 0 Å². The average molecular weight is 291 g/mol. The Bertz CT molecular complexity index is 632. The van der Waals surface area contributed by atoms with Crippen LogP contribution >= 0.6 is 0 Å². The predicted molar refractivity (Wildman–Crippen MR) is 77.3 cm³/mol. The van der Waals surface area contributed by atoms with Crippen molar-refractivity contribution in [1.29, 1.82) is 0 Å². The second-order valence-electron chi connectivity index (χ2n) is 6.51. The van der Waals surface area contributed by atoms with Gasteiger partial charge in [-0.05, 0) is 39.5 Å². The van der Waals surface area contributed by atoms with Crippen LogP contribution in [0.5, 0.6) is 0 Å². The number of nitrogens with zero attached hydrogens (tertiary/aromatic N) is 2. The van der Waals surface area contributed by atoms with Crippen molar-refractivity contribution in [2.24, 2.45) is 0 Å². The van der Waals surface area contributed by atoms with Crippen molar-refractivity contribution in [2.75, 3.05) is 13.1 Å². The van der Waals surface area contributed by atoms with Gasteiger partial charge in [-0.1, -0.05) is 0 Å². The van der Waals surface area contributed by atoms with E-state index in [-0.39, 0.29) is 23.6 Å². The molecule has 2 N–H and O–H groups in total. The van der Waals surface area contributed by atoms with E-state index in [9.17, 15) is 14.7 Å². The van der Waals surface area contributed by atoms with E-state index < -0.39 is 5.60 Å². The summed E-state index contributed by atoms with van der Waals surface area (Å²) in [6, 6.07) is 0. The standard InChI is InChI=1S/C15H21N3O3/c1-9-11(13(19)17-12(16-9)10-4-5-10)14(20)18-7-3-6-15(2,21)8-18/h10,21H,3-8H2,1-2H3,(H,16,17,19). The summed E-state index contributed by atoms with van der Waals surface area (Å²) in [6.45, 7) is 4.25. The molecule has 1 aromatic heterocycles. The molecule has 1 atom stereocenters. The minimum absolute atomic E-state index is 0.108. The summed E-state index contributed by atoms with van der Waals surface area (Å²) in [4.78, 5) is 33.5. The van der Waals surface area contributed by atoms with E-state index in [4.69, 9.17) is 0 Å². The molecule has 6 nitrogen and oxygen atoms in total. The Kier molecular flexibility index (Phi) is 3.36. The van der Waals surface area contributed by atoms with Crippen LogP contribution in [-0.4, -0.2) is 44.6 Å². The number of amides is 1. The zero-order chi connectivity index (χ0) is 15.2. The monoisotopic (exact) mass is 291 g/mol. The van der Waals surface area contributed by atoms with Gasteiger partial charge in [-0.15, -0.1) is 0 Å². The zero-order valence-corrected chi connectivity index (χ0v) is 12.5. The van der Waals surface area contributed by atoms with Gasteiger partial charge in [-0.25, -0.2) is 4.98 Å². The molecule has 2 heterocycles. The molecule has 1 aliphatic heterocycles. The van der Waals surface area contributed by atoms with Gasteiger partial charge in [0.15, 0.2) is 0 Å². The molecule has 0 aromatic carbocycles. The number of hydrogen-bond acceptors (Lipinski definition) is 4. The predicted octanol–water partition coefficient (Wildman–Crippen LogP) is 0.943. The molecular formula is C15H21N3O3. The number of β-amino-alcohol motifs (C(OH)–C–C–N with tert-alkyl or cyclic N) is 1. The smallest absolute Gasteiger partial charge is 0.264 e. The van der Waals surface area contributed by atoms with Crippen LogP contribution in [0.4, 0.5) is 0 Å². The number of aromatic amines is 1. The van der Waals surface area contributed by atoms with Gasteiger partial charge in [0, 0.05) is 19.0 Å². The Morgan fingerprint density at radius 3 is 2.76 bits per heavy atom. The first kappa shape index (κ1) is 14.3. The van der Waals surface area contributed by atoms with Crippen LogP contribution in [0, 0.1) is 6.92 Å². The van der Waals surface area contributed by atoms with Crippen LogP contribution in [0.25, 0.3) is 0 Å². The van der Waals surface area contributed by atoms with E-state index in [2.05, 4.69) is 9.97 Å². The molecule has 1 unspecified atom stereocenters. The minimum atomic E-state index is -0.879. The van der Waals surface area contributed by atoms with Gasteiger partial charge in [-0.2, -0.15) is 0 Å². The van der Waals surface area contributed by atoms with Gasteiger partial charge in [0.2, 0.25) is 0 Å². The third-order valence-electron chi connectivity index (χ3n) is 4.26. The Morgan fingerprint density at radius 2 is 2.19 bits per heavy atom. The lowest BCUT2D eigenvalue weighted by atomic mass is 9.94. The van der Waals surface area contributed by atoms with Crippen molar-refractivity contribution in [3.63, 3.8) is 0 Å². The maximum Gasteiger partial charge on any atom is 0.264 e. The Hall–Kier alpha value is -1.69. The molecule has 0 bridgehead atoms. The highest BCUT2D eigenvalue weighted by atomic mass is 16.3. The van der Waals surface area contributed by atoms with Crippen molar-refractivity contribution >= 4 is 5.91 Å². The van der Waals surface area contributed by atoms with Crippen molar-refractivity contribution in [1.82, 2.24) is 14.9 Å². The van der Waals surface area contributed by atoms with Crippen LogP contribution in [0.3, 0.4) is 0 Å². The third-order valence-corrected chi connectivity index (χ3v) is 4.26. The molecule has 114 valence electrons. The van der Waals surface area contributed by atoms with Crippen LogP contribution < -0.4 is 5.56 Å². The average Bonchev–Trinajstić information content (AvgIpc) is 3.20. The molecule has 1 amide bonds. The van der Waals surface area contributed by atoms with Crippen molar-refractivity contribution in [2.45, 2.75) is 51.0 Å². The topological polar surface area (TPSA) is 86.3 Å². The number of likely N-dealkylation sites (tertiary alicyclic amines) is 1. The number of carbonyl (C=O) groups is 1. The van der Waals surface area contributed by atoms with Gasteiger partial charge < -0.3 is 15.0 Å². The van der Waals surface area contributed by atoms with Crippen LogP contribution in [0.15, 0.2) is 4.79 Å². The summed E-state index contributed by atoms with van der Waals surface area (Å²) in [5.74, 6) is 0.708. The Morgan fingerprint density at radius 1 is 1.48 bits per heavy atom. The van der Waals surface area contributed by atoms with E-state index in [1.165, 1.54) is 0 Å². The lowest BCUT2D eigenvalue weighted by Gasteiger charge is -2.36. The molecule has 2 aliphatic rings. The number of aromatic nitrogens is 2. The van der Waals surface area contributed by atoms with E-state index in [0.29, 0.717) is 30.4 Å². The molecule has 3 rings (SSSR count). The maximum atomic E-state index is 12.6. The lowest BCUT2D eigenvalue weighted by molar-refractivity contribution is -0.0108. The number of nitrogens with one attached hydrogen (secondary N) is 1. The largest absolute Gasteiger partial charge is 0.388 e. The highest BCUT2D eigenvalue weighted by molar-refractivity contribution is 5.95. The number of rotatable bonds is 2. The molecule has 1 saturated carbocycles. The SMILES string of the molecule is Cc1nc(C2CC2)[nH]c(=O)c1C(=O)N1CCCC(C)(O)C1. The van der Waals surface area contributed by atoms with Crippen molar-refractivity contribution in [3.8, 4) is 0 Å². The first-order valence-electron chi connectivity index (χ1n) is 7.50. The zero-order valence-electron chi connectivity index (χ0n) is 12.5. The highest BCUT2D eigenvalue weighted by Crippen LogP contribution is 2.37. The number of piperidine rings is 1. The number of aryl methyl sites for hydroxylation is 1.